The number of nitrogens with zero attached hydrogens (tertiary/aromatic N) is 2. The summed E-state index contributed by atoms with van der Waals surface area (Å²) in [5.41, 5.74) is 5.12. The van der Waals surface area contributed by atoms with Gasteiger partial charge in [0.15, 0.2) is 0 Å². The zero-order valence-electron chi connectivity index (χ0n) is 16.9. The van der Waals surface area contributed by atoms with E-state index in [4.69, 9.17) is 5.10 Å². The lowest BCUT2D eigenvalue weighted by molar-refractivity contribution is -0.759. The molecule has 4 aromatic rings. The van der Waals surface area contributed by atoms with Crippen molar-refractivity contribution in [3.05, 3.63) is 99.8 Å². The Labute approximate surface area is 183 Å². The summed E-state index contributed by atoms with van der Waals surface area (Å²) >= 11 is 1.48. The van der Waals surface area contributed by atoms with Crippen molar-refractivity contribution in [1.82, 2.24) is 10.1 Å². The van der Waals surface area contributed by atoms with Crippen LogP contribution in [0.3, 0.4) is 0 Å². The highest BCUT2D eigenvalue weighted by Gasteiger charge is 2.37. The summed E-state index contributed by atoms with van der Waals surface area (Å²) < 4.78 is 1.72. The maximum atomic E-state index is 13.1. The fourth-order valence-electron chi connectivity index (χ4n) is 3.71. The number of aromatic nitrogens is 3. The van der Waals surface area contributed by atoms with Gasteiger partial charge in [-0.05, 0) is 47.5 Å². The molecule has 0 saturated heterocycles. The van der Waals surface area contributed by atoms with Crippen molar-refractivity contribution in [2.75, 3.05) is 5.32 Å². The largest absolute Gasteiger partial charge is 0.508 e. The quantitative estimate of drug-likeness (QED) is 0.337. The Bertz CT molecular complexity index is 1320. The van der Waals surface area contributed by atoms with Gasteiger partial charge in [0, 0.05) is 16.4 Å². The molecule has 1 aliphatic rings. The minimum Gasteiger partial charge on any atom is -0.508 e. The molecule has 1 atom stereocenters. The third-order valence-corrected chi connectivity index (χ3v) is 6.20. The monoisotopic (exact) mass is 429 g/mol. The number of benzene rings is 3. The number of aryl methyl sites for hydroxylation is 1. The van der Waals surface area contributed by atoms with Crippen molar-refractivity contribution >= 4 is 17.4 Å². The van der Waals surface area contributed by atoms with Crippen LogP contribution in [0.5, 0.6) is 5.75 Å². The summed E-state index contributed by atoms with van der Waals surface area (Å²) in [4.78, 5) is 16.1. The molecule has 3 N–H and O–H groups in total. The second-order valence-electron chi connectivity index (χ2n) is 7.51. The molecule has 1 aromatic heterocycles. The van der Waals surface area contributed by atoms with Gasteiger partial charge in [-0.15, -0.1) is 0 Å². The van der Waals surface area contributed by atoms with Crippen molar-refractivity contribution in [1.29, 1.82) is 0 Å². The molecule has 0 aliphatic carbocycles. The number of aromatic amines is 1. The maximum absolute atomic E-state index is 13.1. The second-order valence-corrected chi connectivity index (χ2v) is 8.48. The number of thioether (sulfide) groups is 1. The maximum Gasteiger partial charge on any atom is 0.325 e. The van der Waals surface area contributed by atoms with Crippen LogP contribution >= 0.6 is 11.8 Å². The van der Waals surface area contributed by atoms with E-state index in [2.05, 4.69) is 41.5 Å². The van der Waals surface area contributed by atoms with E-state index in [1.807, 2.05) is 30.3 Å². The molecule has 0 spiro atoms. The van der Waals surface area contributed by atoms with Crippen LogP contribution in [-0.2, 0) is 5.75 Å². The molecule has 154 valence electrons. The highest BCUT2D eigenvalue weighted by Crippen LogP contribution is 2.32. The van der Waals surface area contributed by atoms with Gasteiger partial charge in [0.1, 0.15) is 5.75 Å². The van der Waals surface area contributed by atoms with Crippen LogP contribution in [0.2, 0.25) is 0 Å². The summed E-state index contributed by atoms with van der Waals surface area (Å²) in [5, 5.41) is 18.8. The van der Waals surface area contributed by atoms with Crippen LogP contribution in [0, 0.1) is 6.92 Å². The first-order chi connectivity index (χ1) is 15.1. The molecular formula is C24H21N4O2S+. The number of hydrogen-bond acceptors (Lipinski definition) is 5. The van der Waals surface area contributed by atoms with Crippen LogP contribution in [0.15, 0.2) is 82.7 Å². The smallest absolute Gasteiger partial charge is 0.325 e. The van der Waals surface area contributed by atoms with Crippen molar-refractivity contribution in [3.8, 4) is 17.0 Å². The van der Waals surface area contributed by atoms with Crippen molar-refractivity contribution in [3.63, 3.8) is 0 Å². The number of hydrogen-bond donors (Lipinski definition) is 3. The highest BCUT2D eigenvalue weighted by atomic mass is 32.2. The van der Waals surface area contributed by atoms with Gasteiger partial charge in [-0.3, -0.25) is 9.78 Å². The first kappa shape index (κ1) is 19.4. The van der Waals surface area contributed by atoms with Gasteiger partial charge < -0.3 is 10.4 Å². The van der Waals surface area contributed by atoms with Crippen LogP contribution in [-0.4, -0.2) is 15.2 Å². The van der Waals surface area contributed by atoms with Crippen LogP contribution < -0.4 is 15.6 Å². The van der Waals surface area contributed by atoms with E-state index in [-0.39, 0.29) is 11.3 Å². The average molecular weight is 430 g/mol. The molecule has 1 aliphatic heterocycles. The summed E-state index contributed by atoms with van der Waals surface area (Å²) in [6.07, 6.45) is -0.418. The van der Waals surface area contributed by atoms with Crippen LogP contribution in [0.25, 0.3) is 11.3 Å². The number of phenolic OH excluding ortho intramolecular Hbond substituents is 1. The fraction of sp³-hybridized carbons (Fsp3) is 0.125. The lowest BCUT2D eigenvalue weighted by atomic mass is 10.0. The molecule has 3 aromatic carbocycles. The number of phenols is 1. The minimum absolute atomic E-state index is 0.166. The third-order valence-electron chi connectivity index (χ3n) is 5.26. The lowest BCUT2D eigenvalue weighted by Crippen LogP contribution is -2.55. The van der Waals surface area contributed by atoms with Crippen LogP contribution in [0.1, 0.15) is 22.9 Å². The van der Waals surface area contributed by atoms with Gasteiger partial charge in [0.05, 0.1) is 11.3 Å². The van der Waals surface area contributed by atoms with Gasteiger partial charge in [-0.2, -0.15) is 0 Å². The van der Waals surface area contributed by atoms with E-state index < -0.39 is 6.17 Å². The first-order valence-corrected chi connectivity index (χ1v) is 11.0. The Morgan fingerprint density at radius 3 is 2.68 bits per heavy atom. The first-order valence-electron chi connectivity index (χ1n) is 9.98. The number of H-pyrrole nitrogens is 1. The Kier molecular flexibility index (Phi) is 4.95. The molecule has 2 heterocycles. The minimum atomic E-state index is -0.418. The number of anilines is 1. The number of para-hydroxylation sites is 1. The Morgan fingerprint density at radius 2 is 1.87 bits per heavy atom. The van der Waals surface area contributed by atoms with Gasteiger partial charge in [0.25, 0.3) is 6.17 Å². The predicted molar refractivity (Wildman–Crippen MR) is 121 cm³/mol. The van der Waals surface area contributed by atoms with E-state index in [0.29, 0.717) is 16.6 Å². The number of fused-ring (bicyclic) bond motifs is 3. The fourth-order valence-corrected chi connectivity index (χ4v) is 4.52. The predicted octanol–water partition coefficient (Wildman–Crippen LogP) is 4.00. The number of aromatic hydroxyl groups is 1. The SMILES string of the molecule is Cc1ccc(CSc2n[n+]3c(c(=O)[nH]2)-c2ccccc2N[C@H]3c2cccc(O)c2)cc1. The molecule has 5 rings (SSSR count). The van der Waals surface area contributed by atoms with Gasteiger partial charge >= 0.3 is 11.3 Å². The molecule has 31 heavy (non-hydrogen) atoms. The van der Waals surface area contributed by atoms with E-state index in [0.717, 1.165) is 22.4 Å². The van der Waals surface area contributed by atoms with Gasteiger partial charge in [0.2, 0.25) is 5.16 Å². The van der Waals surface area contributed by atoms with E-state index in [9.17, 15) is 9.90 Å². The number of rotatable bonds is 4. The molecule has 0 bridgehead atoms. The Morgan fingerprint density at radius 1 is 1.06 bits per heavy atom. The Hall–Kier alpha value is -3.58. The van der Waals surface area contributed by atoms with Crippen molar-refractivity contribution < 1.29 is 9.79 Å². The van der Waals surface area contributed by atoms with Gasteiger partial charge in [-0.1, -0.05) is 59.8 Å². The van der Waals surface area contributed by atoms with E-state index in [1.165, 1.54) is 17.3 Å². The standard InChI is InChI=1S/C24H20N4O2S/c1-15-9-11-16(12-10-15)14-31-24-26-23(30)21-19-7-2-3-8-20(19)25-22(28(21)27-24)17-5-4-6-18(29)13-17/h2-13,22H,14H2,1H3,(H2,26,27,29,30)/p+1/t22-/m1/s1. The molecular weight excluding hydrogens is 408 g/mol. The molecule has 7 heteroatoms. The van der Waals surface area contributed by atoms with Crippen molar-refractivity contribution in [2.45, 2.75) is 24.0 Å². The van der Waals surface area contributed by atoms with E-state index in [1.54, 1.807) is 22.9 Å². The highest BCUT2D eigenvalue weighted by molar-refractivity contribution is 7.98. The molecule has 6 nitrogen and oxygen atoms in total. The summed E-state index contributed by atoms with van der Waals surface area (Å²) in [7, 11) is 0. The second kappa shape index (κ2) is 7.92. The molecule has 0 unspecified atom stereocenters. The molecule has 0 saturated carbocycles. The zero-order valence-corrected chi connectivity index (χ0v) is 17.7. The lowest BCUT2D eigenvalue weighted by Gasteiger charge is -2.22. The summed E-state index contributed by atoms with van der Waals surface area (Å²) in [6.45, 7) is 2.06. The van der Waals surface area contributed by atoms with Crippen LogP contribution in [0.4, 0.5) is 5.69 Å². The zero-order chi connectivity index (χ0) is 21.4. The topological polar surface area (TPSA) is 81.9 Å². The molecule has 0 radical (unpaired) electrons. The van der Waals surface area contributed by atoms with Gasteiger partial charge in [-0.25, -0.2) is 0 Å². The third kappa shape index (κ3) is 3.80. The summed E-state index contributed by atoms with van der Waals surface area (Å²) in [6, 6.07) is 23.0. The molecule has 0 fully saturated rings. The van der Waals surface area contributed by atoms with E-state index >= 15 is 0 Å². The summed E-state index contributed by atoms with van der Waals surface area (Å²) in [5.74, 6) is 0.864. The number of nitrogens with one attached hydrogen (secondary N) is 2. The normalized spacial score (nSPS) is 14.4. The average Bonchev–Trinajstić information content (AvgIpc) is 2.78. The Balaban J connectivity index is 1.58. The van der Waals surface area contributed by atoms with Crippen molar-refractivity contribution in [2.24, 2.45) is 0 Å². The molecule has 0 amide bonds.